The molecule has 108 valence electrons. The highest BCUT2D eigenvalue weighted by Gasteiger charge is 2.24. The first-order valence-corrected chi connectivity index (χ1v) is 8.01. The second-order valence-corrected chi connectivity index (χ2v) is 6.11. The van der Waals surface area contributed by atoms with E-state index in [4.69, 9.17) is 0 Å². The van der Waals surface area contributed by atoms with E-state index in [1.807, 2.05) is 11.7 Å². The molecule has 1 aliphatic rings. The fourth-order valence-corrected chi connectivity index (χ4v) is 3.67. The standard InChI is InChI=1S/C14H24BrN3O/c1-3-12-14(15)13(17(2)16-12)10-18-8-5-4-6-11(18)7-9-19/h11,19H,3-10H2,1-2H3. The van der Waals surface area contributed by atoms with Gasteiger partial charge in [-0.15, -0.1) is 0 Å². The molecule has 0 radical (unpaired) electrons. The van der Waals surface area contributed by atoms with Gasteiger partial charge in [0.2, 0.25) is 0 Å². The van der Waals surface area contributed by atoms with Gasteiger partial charge in [0.1, 0.15) is 0 Å². The number of aromatic nitrogens is 2. The molecule has 1 saturated heterocycles. The second-order valence-electron chi connectivity index (χ2n) is 5.32. The third-order valence-corrected chi connectivity index (χ3v) is 4.98. The minimum atomic E-state index is 0.286. The number of hydrogen-bond acceptors (Lipinski definition) is 3. The fourth-order valence-electron chi connectivity index (χ4n) is 2.93. The smallest absolute Gasteiger partial charge is 0.0767 e. The molecule has 4 nitrogen and oxygen atoms in total. The predicted molar refractivity (Wildman–Crippen MR) is 80.0 cm³/mol. The maximum Gasteiger partial charge on any atom is 0.0767 e. The molecule has 1 atom stereocenters. The van der Waals surface area contributed by atoms with Gasteiger partial charge in [-0.25, -0.2) is 0 Å². The molecule has 0 spiro atoms. The largest absolute Gasteiger partial charge is 0.396 e. The molecule has 1 aromatic rings. The molecule has 1 unspecified atom stereocenters. The first-order chi connectivity index (χ1) is 9.17. The molecule has 1 aromatic heterocycles. The van der Waals surface area contributed by atoms with Gasteiger partial charge in [-0.05, 0) is 48.2 Å². The van der Waals surface area contributed by atoms with Crippen LogP contribution in [0, 0.1) is 0 Å². The number of rotatable bonds is 5. The molecular weight excluding hydrogens is 306 g/mol. The Morgan fingerprint density at radius 2 is 2.21 bits per heavy atom. The zero-order chi connectivity index (χ0) is 13.8. The van der Waals surface area contributed by atoms with Gasteiger partial charge < -0.3 is 5.11 Å². The molecule has 19 heavy (non-hydrogen) atoms. The number of aliphatic hydroxyl groups excluding tert-OH is 1. The summed E-state index contributed by atoms with van der Waals surface area (Å²) in [5.41, 5.74) is 2.38. The summed E-state index contributed by atoms with van der Waals surface area (Å²) in [5.74, 6) is 0. The Hall–Kier alpha value is -0.390. The second kappa shape index (κ2) is 6.86. The minimum absolute atomic E-state index is 0.286. The van der Waals surface area contributed by atoms with Crippen LogP contribution in [0.4, 0.5) is 0 Å². The van der Waals surface area contributed by atoms with E-state index < -0.39 is 0 Å². The lowest BCUT2D eigenvalue weighted by Crippen LogP contribution is -2.40. The summed E-state index contributed by atoms with van der Waals surface area (Å²) in [6, 6.07) is 0.519. The third kappa shape index (κ3) is 3.38. The topological polar surface area (TPSA) is 41.3 Å². The van der Waals surface area contributed by atoms with Crippen LogP contribution in [0.3, 0.4) is 0 Å². The van der Waals surface area contributed by atoms with Crippen molar-refractivity contribution in [3.8, 4) is 0 Å². The minimum Gasteiger partial charge on any atom is -0.396 e. The van der Waals surface area contributed by atoms with Crippen molar-refractivity contribution in [1.29, 1.82) is 0 Å². The summed E-state index contributed by atoms with van der Waals surface area (Å²) in [6.45, 7) is 4.47. The third-order valence-electron chi connectivity index (χ3n) is 4.07. The fraction of sp³-hybridized carbons (Fsp3) is 0.786. The Balaban J connectivity index is 2.12. The van der Waals surface area contributed by atoms with Crippen molar-refractivity contribution < 1.29 is 5.11 Å². The molecule has 0 amide bonds. The van der Waals surface area contributed by atoms with E-state index in [0.717, 1.165) is 36.1 Å². The SMILES string of the molecule is CCc1nn(C)c(CN2CCCCC2CCO)c1Br. The molecular formula is C14H24BrN3O. The molecule has 0 bridgehead atoms. The van der Waals surface area contributed by atoms with Crippen LogP contribution in [-0.2, 0) is 20.0 Å². The molecule has 1 aliphatic heterocycles. The molecule has 0 saturated carbocycles. The molecule has 1 N–H and O–H groups in total. The van der Waals surface area contributed by atoms with E-state index in [1.54, 1.807) is 0 Å². The molecule has 0 aromatic carbocycles. The lowest BCUT2D eigenvalue weighted by molar-refractivity contribution is 0.109. The van der Waals surface area contributed by atoms with Gasteiger partial charge in [0.05, 0.1) is 15.9 Å². The van der Waals surface area contributed by atoms with E-state index in [-0.39, 0.29) is 6.61 Å². The summed E-state index contributed by atoms with van der Waals surface area (Å²) in [4.78, 5) is 2.50. The molecule has 2 rings (SSSR count). The van der Waals surface area contributed by atoms with Gasteiger partial charge in [0.25, 0.3) is 0 Å². The Morgan fingerprint density at radius 3 is 2.84 bits per heavy atom. The van der Waals surface area contributed by atoms with Crippen molar-refractivity contribution in [2.45, 2.75) is 51.6 Å². The van der Waals surface area contributed by atoms with Gasteiger partial charge in [-0.1, -0.05) is 13.3 Å². The first kappa shape index (κ1) is 15.0. The summed E-state index contributed by atoms with van der Waals surface area (Å²) < 4.78 is 3.15. The van der Waals surface area contributed by atoms with Crippen molar-refractivity contribution in [2.24, 2.45) is 7.05 Å². The predicted octanol–water partition coefficient (Wildman–Crippen LogP) is 2.48. The van der Waals surface area contributed by atoms with E-state index >= 15 is 0 Å². The van der Waals surface area contributed by atoms with Crippen molar-refractivity contribution in [3.05, 3.63) is 15.9 Å². The monoisotopic (exact) mass is 329 g/mol. The number of likely N-dealkylation sites (tertiary alicyclic amines) is 1. The van der Waals surface area contributed by atoms with Gasteiger partial charge in [0.15, 0.2) is 0 Å². The summed E-state index contributed by atoms with van der Waals surface area (Å²) in [7, 11) is 2.02. The quantitative estimate of drug-likeness (QED) is 0.902. The highest BCUT2D eigenvalue weighted by atomic mass is 79.9. The average Bonchev–Trinajstić information content (AvgIpc) is 2.68. The number of hydrogen-bond donors (Lipinski definition) is 1. The molecule has 1 fully saturated rings. The van der Waals surface area contributed by atoms with Crippen LogP contribution in [-0.4, -0.2) is 39.0 Å². The van der Waals surface area contributed by atoms with Crippen molar-refractivity contribution in [2.75, 3.05) is 13.2 Å². The summed E-state index contributed by atoms with van der Waals surface area (Å²) in [5, 5.41) is 13.8. The summed E-state index contributed by atoms with van der Waals surface area (Å²) in [6.07, 6.45) is 5.59. The van der Waals surface area contributed by atoms with Crippen LogP contribution in [0.5, 0.6) is 0 Å². The number of halogens is 1. The lowest BCUT2D eigenvalue weighted by Gasteiger charge is -2.35. The van der Waals surface area contributed by atoms with E-state index in [1.165, 1.54) is 25.0 Å². The van der Waals surface area contributed by atoms with E-state index in [0.29, 0.717) is 6.04 Å². The first-order valence-electron chi connectivity index (χ1n) is 7.22. The van der Waals surface area contributed by atoms with Crippen LogP contribution < -0.4 is 0 Å². The van der Waals surface area contributed by atoms with E-state index in [9.17, 15) is 5.11 Å². The molecule has 0 aliphatic carbocycles. The highest BCUT2D eigenvalue weighted by molar-refractivity contribution is 9.10. The Bertz CT molecular complexity index is 417. The number of nitrogens with zero attached hydrogens (tertiary/aromatic N) is 3. The zero-order valence-electron chi connectivity index (χ0n) is 11.9. The zero-order valence-corrected chi connectivity index (χ0v) is 13.5. The average molecular weight is 330 g/mol. The van der Waals surface area contributed by atoms with Gasteiger partial charge >= 0.3 is 0 Å². The number of piperidine rings is 1. The maximum atomic E-state index is 9.20. The number of aliphatic hydroxyl groups is 1. The Kier molecular flexibility index (Phi) is 5.42. The lowest BCUT2D eigenvalue weighted by atomic mass is 9.99. The van der Waals surface area contributed by atoms with Crippen LogP contribution in [0.25, 0.3) is 0 Å². The van der Waals surface area contributed by atoms with Crippen LogP contribution in [0.15, 0.2) is 4.47 Å². The van der Waals surface area contributed by atoms with Crippen molar-refractivity contribution >= 4 is 15.9 Å². The molecule has 2 heterocycles. The Morgan fingerprint density at radius 1 is 1.42 bits per heavy atom. The Labute approximate surface area is 123 Å². The number of aryl methyl sites for hydroxylation is 2. The van der Waals surface area contributed by atoms with Crippen molar-refractivity contribution in [1.82, 2.24) is 14.7 Å². The van der Waals surface area contributed by atoms with Crippen LogP contribution in [0.2, 0.25) is 0 Å². The molecule has 5 heteroatoms. The van der Waals surface area contributed by atoms with Gasteiger partial charge in [-0.2, -0.15) is 5.10 Å². The van der Waals surface area contributed by atoms with Crippen LogP contribution in [0.1, 0.15) is 44.0 Å². The van der Waals surface area contributed by atoms with E-state index in [2.05, 4.69) is 32.9 Å². The highest BCUT2D eigenvalue weighted by Crippen LogP contribution is 2.27. The van der Waals surface area contributed by atoms with Gasteiger partial charge in [0, 0.05) is 26.2 Å². The van der Waals surface area contributed by atoms with Gasteiger partial charge in [-0.3, -0.25) is 9.58 Å². The van der Waals surface area contributed by atoms with Crippen LogP contribution >= 0.6 is 15.9 Å². The normalized spacial score (nSPS) is 20.9. The van der Waals surface area contributed by atoms with Crippen molar-refractivity contribution in [3.63, 3.8) is 0 Å². The summed E-state index contributed by atoms with van der Waals surface area (Å²) >= 11 is 3.69. The maximum absolute atomic E-state index is 9.20.